The van der Waals surface area contributed by atoms with Crippen LogP contribution < -0.4 is 0 Å². The Kier molecular flexibility index (Phi) is 6.50. The van der Waals surface area contributed by atoms with Gasteiger partial charge in [-0.15, -0.1) is 0 Å². The van der Waals surface area contributed by atoms with Crippen molar-refractivity contribution in [2.75, 3.05) is 20.2 Å². The van der Waals surface area contributed by atoms with Crippen molar-refractivity contribution in [1.29, 1.82) is 0 Å². The fourth-order valence-electron chi connectivity index (χ4n) is 1.89. The van der Waals surface area contributed by atoms with Gasteiger partial charge in [0.2, 0.25) is 0 Å². The van der Waals surface area contributed by atoms with Crippen LogP contribution in [0.3, 0.4) is 0 Å². The third kappa shape index (κ3) is 6.01. The zero-order valence-corrected chi connectivity index (χ0v) is 14.9. The molecule has 0 spiro atoms. The second-order valence-corrected chi connectivity index (χ2v) is 7.17. The van der Waals surface area contributed by atoms with Crippen LogP contribution in [-0.4, -0.2) is 56.0 Å². The van der Waals surface area contributed by atoms with Crippen molar-refractivity contribution in [2.24, 2.45) is 0 Å². The van der Waals surface area contributed by atoms with Crippen molar-refractivity contribution in [3.63, 3.8) is 0 Å². The third-order valence-corrected chi connectivity index (χ3v) is 3.74. The van der Waals surface area contributed by atoms with Crippen LogP contribution in [0.2, 0.25) is 0 Å². The normalized spacial score (nSPS) is 17.8. The van der Waals surface area contributed by atoms with E-state index < -0.39 is 11.2 Å². The molecule has 6 heteroatoms. The van der Waals surface area contributed by atoms with Crippen molar-refractivity contribution in [1.82, 2.24) is 4.90 Å². The minimum atomic E-state index is -0.462. The molecule has 1 heterocycles. The highest BCUT2D eigenvalue weighted by Gasteiger charge is 2.28. The summed E-state index contributed by atoms with van der Waals surface area (Å²) in [5, 5.41) is 0. The van der Waals surface area contributed by atoms with E-state index in [-0.39, 0.29) is 12.2 Å². The monoisotopic (exact) mass is 310 g/mol. The Morgan fingerprint density at radius 3 is 2.41 bits per heavy atom. The van der Waals surface area contributed by atoms with E-state index in [4.69, 9.17) is 14.1 Å². The van der Waals surface area contributed by atoms with Gasteiger partial charge >= 0.3 is 13.6 Å². The number of hydrogen-bond acceptors (Lipinski definition) is 4. The number of hydrogen-bond donors (Lipinski definition) is 0. The van der Waals surface area contributed by atoms with E-state index in [9.17, 15) is 4.79 Å². The molecule has 0 aromatic carbocycles. The van der Waals surface area contributed by atoms with Gasteiger partial charge in [-0.25, -0.2) is 4.79 Å². The van der Waals surface area contributed by atoms with E-state index in [2.05, 4.69) is 0 Å². The molecule has 125 valence electrons. The van der Waals surface area contributed by atoms with E-state index in [0.717, 1.165) is 11.9 Å². The van der Waals surface area contributed by atoms with E-state index in [0.29, 0.717) is 13.1 Å². The average Bonchev–Trinajstić information content (AvgIpc) is 2.43. The van der Waals surface area contributed by atoms with Crippen LogP contribution in [0.15, 0.2) is 11.5 Å². The van der Waals surface area contributed by atoms with Gasteiger partial charge in [-0.05, 0) is 48.0 Å². The third-order valence-electron chi connectivity index (χ3n) is 3.74. The summed E-state index contributed by atoms with van der Waals surface area (Å²) in [5.41, 5.74) is 0.241. The van der Waals surface area contributed by atoms with Gasteiger partial charge in [-0.3, -0.25) is 0 Å². The Morgan fingerprint density at radius 2 is 1.95 bits per heavy atom. The summed E-state index contributed by atoms with van der Waals surface area (Å²) in [5.74, 6) is 0. The van der Waals surface area contributed by atoms with E-state index in [1.165, 1.54) is 0 Å². The first-order valence-corrected chi connectivity index (χ1v) is 7.76. The SMILES string of the molecule is COC(C)C(C)(C)O[B]C1=CCN(C(=O)OC(C)(C)C)CC1. The van der Waals surface area contributed by atoms with Gasteiger partial charge in [0.1, 0.15) is 5.60 Å². The predicted molar refractivity (Wildman–Crippen MR) is 87.9 cm³/mol. The Morgan fingerprint density at radius 1 is 1.32 bits per heavy atom. The molecule has 22 heavy (non-hydrogen) atoms. The molecular formula is C16H29BNO4. The fraction of sp³-hybridized carbons (Fsp3) is 0.812. The van der Waals surface area contributed by atoms with E-state index >= 15 is 0 Å². The quantitative estimate of drug-likeness (QED) is 0.733. The maximum Gasteiger partial charge on any atom is 0.410 e. The lowest BCUT2D eigenvalue weighted by Crippen LogP contribution is -2.42. The highest BCUT2D eigenvalue weighted by Crippen LogP contribution is 2.20. The number of carbonyl (C=O) groups is 1. The zero-order valence-electron chi connectivity index (χ0n) is 14.9. The molecule has 1 rings (SSSR count). The van der Waals surface area contributed by atoms with Crippen LogP contribution in [0.5, 0.6) is 0 Å². The Balaban J connectivity index is 2.47. The van der Waals surface area contributed by atoms with E-state index in [1.54, 1.807) is 19.5 Å². The number of rotatable bonds is 5. The second-order valence-electron chi connectivity index (χ2n) is 7.17. The number of carbonyl (C=O) groups excluding carboxylic acids is 1. The lowest BCUT2D eigenvalue weighted by Gasteiger charge is -2.33. The van der Waals surface area contributed by atoms with Crippen LogP contribution in [0.4, 0.5) is 4.79 Å². The van der Waals surface area contributed by atoms with Crippen molar-refractivity contribution >= 4 is 13.6 Å². The molecule has 0 fully saturated rings. The lowest BCUT2D eigenvalue weighted by molar-refractivity contribution is -0.0408. The van der Waals surface area contributed by atoms with E-state index in [1.807, 2.05) is 47.6 Å². The number of ether oxygens (including phenoxy) is 2. The molecule has 1 amide bonds. The predicted octanol–water partition coefficient (Wildman–Crippen LogP) is 2.96. The van der Waals surface area contributed by atoms with Gasteiger partial charge in [0.05, 0.1) is 11.7 Å². The van der Waals surface area contributed by atoms with Gasteiger partial charge in [-0.2, -0.15) is 0 Å². The van der Waals surface area contributed by atoms with Crippen molar-refractivity contribution in [2.45, 2.75) is 65.3 Å². The molecule has 1 radical (unpaired) electrons. The molecule has 5 nitrogen and oxygen atoms in total. The van der Waals surface area contributed by atoms with Crippen LogP contribution in [0.25, 0.3) is 0 Å². The summed E-state index contributed by atoms with van der Waals surface area (Å²) in [4.78, 5) is 13.7. The molecule has 0 N–H and O–H groups in total. The summed E-state index contributed by atoms with van der Waals surface area (Å²) >= 11 is 0. The van der Waals surface area contributed by atoms with Crippen LogP contribution in [0.1, 0.15) is 48.0 Å². The van der Waals surface area contributed by atoms with Gasteiger partial charge in [0.15, 0.2) is 0 Å². The van der Waals surface area contributed by atoms with Crippen molar-refractivity contribution in [3.8, 4) is 0 Å². The highest BCUT2D eigenvalue weighted by molar-refractivity contribution is 6.38. The minimum absolute atomic E-state index is 0.00815. The van der Waals surface area contributed by atoms with Gasteiger partial charge < -0.3 is 19.0 Å². The molecule has 0 bridgehead atoms. The molecule has 1 atom stereocenters. The maximum atomic E-state index is 12.0. The van der Waals surface area contributed by atoms with Crippen LogP contribution in [-0.2, 0) is 14.1 Å². The highest BCUT2D eigenvalue weighted by atomic mass is 16.6. The Hall–Kier alpha value is -1.01. The summed E-state index contributed by atoms with van der Waals surface area (Å²) in [6.45, 7) is 12.8. The van der Waals surface area contributed by atoms with Crippen molar-refractivity contribution in [3.05, 3.63) is 11.5 Å². The number of amides is 1. The topological polar surface area (TPSA) is 48.0 Å². The van der Waals surface area contributed by atoms with Gasteiger partial charge in [0.25, 0.3) is 0 Å². The average molecular weight is 310 g/mol. The van der Waals surface area contributed by atoms with Gasteiger partial charge in [-0.1, -0.05) is 11.5 Å². The zero-order chi connectivity index (χ0) is 17.0. The lowest BCUT2D eigenvalue weighted by atomic mass is 9.81. The first-order chi connectivity index (χ1) is 10.0. The molecule has 1 aliphatic heterocycles. The fourth-order valence-corrected chi connectivity index (χ4v) is 1.89. The van der Waals surface area contributed by atoms with Crippen molar-refractivity contribution < 1.29 is 18.9 Å². The molecule has 0 aromatic heterocycles. The summed E-state index contributed by atoms with van der Waals surface area (Å²) in [6.07, 6.45) is 2.49. The molecular weight excluding hydrogens is 281 g/mol. The Bertz CT molecular complexity index is 415. The largest absolute Gasteiger partial charge is 0.444 e. The molecule has 1 aliphatic rings. The van der Waals surface area contributed by atoms with Crippen LogP contribution in [0, 0.1) is 0 Å². The Labute approximate surface area is 135 Å². The smallest absolute Gasteiger partial charge is 0.410 e. The maximum absolute atomic E-state index is 12.0. The molecule has 0 aliphatic carbocycles. The first kappa shape index (κ1) is 19.0. The molecule has 0 aromatic rings. The summed E-state index contributed by atoms with van der Waals surface area (Å²) in [6, 6.07) is 0. The summed E-state index contributed by atoms with van der Waals surface area (Å²) < 4.78 is 16.5. The molecule has 0 saturated carbocycles. The molecule has 0 saturated heterocycles. The van der Waals surface area contributed by atoms with Gasteiger partial charge in [0, 0.05) is 20.2 Å². The standard InChI is InChI=1S/C16H29BNO4/c1-12(20-7)16(5,6)22-17-13-8-10-18(11-9-13)14(19)21-15(2,3)4/h8,12H,9-11H2,1-7H3. The number of nitrogens with zero attached hydrogens (tertiary/aromatic N) is 1. The minimum Gasteiger partial charge on any atom is -0.444 e. The summed E-state index contributed by atoms with van der Waals surface area (Å²) in [7, 11) is 3.45. The second kappa shape index (κ2) is 7.51. The number of methoxy groups -OCH3 is 1. The molecule has 1 unspecified atom stereocenters. The van der Waals surface area contributed by atoms with Crippen LogP contribution >= 0.6 is 0 Å². The first-order valence-electron chi connectivity index (χ1n) is 7.76.